The van der Waals surface area contributed by atoms with E-state index in [1.807, 2.05) is 0 Å². The second kappa shape index (κ2) is 6.93. The molecule has 5 heteroatoms. The number of aromatic nitrogens is 2. The number of halogens is 2. The van der Waals surface area contributed by atoms with Crippen molar-refractivity contribution in [1.82, 2.24) is 9.97 Å². The fourth-order valence-electron chi connectivity index (χ4n) is 3.17. The highest BCUT2D eigenvalue weighted by Gasteiger charge is 2.40. The lowest BCUT2D eigenvalue weighted by atomic mass is 9.78. The van der Waals surface area contributed by atoms with Gasteiger partial charge in [-0.25, -0.2) is 9.97 Å². The molecular weight excluding hydrogens is 352 g/mol. The molecule has 118 valence electrons. The third kappa shape index (κ3) is 3.77. The van der Waals surface area contributed by atoms with E-state index in [-0.39, 0.29) is 5.60 Å². The molecule has 2 rings (SSSR count). The highest BCUT2D eigenvalue weighted by atomic mass is 79.9. The summed E-state index contributed by atoms with van der Waals surface area (Å²) in [7, 11) is 1.76. The van der Waals surface area contributed by atoms with Crippen LogP contribution < -0.4 is 0 Å². The molecular formula is C16H24BrClN2O. The lowest BCUT2D eigenvalue weighted by Crippen LogP contribution is -2.36. The maximum absolute atomic E-state index is 6.32. The summed E-state index contributed by atoms with van der Waals surface area (Å²) in [5.74, 6) is 1.89. The number of hydrogen-bond donors (Lipinski definition) is 0. The van der Waals surface area contributed by atoms with Gasteiger partial charge in [-0.2, -0.15) is 0 Å². The Hall–Kier alpha value is -0.190. The number of nitrogens with zero attached hydrogens (tertiary/aromatic N) is 2. The molecule has 2 unspecified atom stereocenters. The van der Waals surface area contributed by atoms with E-state index in [9.17, 15) is 0 Å². The third-order valence-electron chi connectivity index (χ3n) is 4.23. The van der Waals surface area contributed by atoms with Gasteiger partial charge in [0.1, 0.15) is 10.8 Å². The minimum Gasteiger partial charge on any atom is -0.370 e. The molecule has 0 saturated heterocycles. The molecule has 1 aliphatic carbocycles. The van der Waals surface area contributed by atoms with Crippen molar-refractivity contribution < 1.29 is 4.74 Å². The Bertz CT molecular complexity index is 509. The van der Waals surface area contributed by atoms with Crippen molar-refractivity contribution in [1.29, 1.82) is 0 Å². The van der Waals surface area contributed by atoms with Crippen LogP contribution in [0.2, 0.25) is 5.15 Å². The first-order valence-electron chi connectivity index (χ1n) is 7.65. The number of rotatable bonds is 4. The molecule has 21 heavy (non-hydrogen) atoms. The Kier molecular flexibility index (Phi) is 5.66. The first kappa shape index (κ1) is 17.2. The summed E-state index contributed by atoms with van der Waals surface area (Å²) in [6, 6.07) is 0. The Morgan fingerprint density at radius 2 is 2.14 bits per heavy atom. The average Bonchev–Trinajstić information content (AvgIpc) is 2.43. The first-order chi connectivity index (χ1) is 9.88. The molecule has 0 N–H and O–H groups in total. The van der Waals surface area contributed by atoms with Gasteiger partial charge < -0.3 is 4.74 Å². The lowest BCUT2D eigenvalue weighted by Gasteiger charge is -2.37. The van der Waals surface area contributed by atoms with Crippen LogP contribution in [0.25, 0.3) is 0 Å². The summed E-state index contributed by atoms with van der Waals surface area (Å²) < 4.78 is 6.71. The van der Waals surface area contributed by atoms with Crippen LogP contribution in [-0.4, -0.2) is 17.1 Å². The van der Waals surface area contributed by atoms with Crippen molar-refractivity contribution in [2.24, 2.45) is 11.8 Å². The van der Waals surface area contributed by atoms with Crippen LogP contribution >= 0.6 is 27.5 Å². The largest absolute Gasteiger partial charge is 0.370 e. The van der Waals surface area contributed by atoms with E-state index in [2.05, 4.69) is 41.7 Å². The number of methoxy groups -OCH3 is 1. The molecule has 1 heterocycles. The Balaban J connectivity index is 2.44. The predicted molar refractivity (Wildman–Crippen MR) is 89.6 cm³/mol. The zero-order chi connectivity index (χ0) is 15.6. The smallest absolute Gasteiger partial charge is 0.162 e. The maximum atomic E-state index is 6.32. The molecule has 0 aromatic carbocycles. The zero-order valence-corrected chi connectivity index (χ0v) is 15.6. The molecule has 0 radical (unpaired) electrons. The molecule has 0 bridgehead atoms. The lowest BCUT2D eigenvalue weighted by molar-refractivity contribution is -0.0648. The second-order valence-corrected chi connectivity index (χ2v) is 7.75. The van der Waals surface area contributed by atoms with Crippen LogP contribution in [0, 0.1) is 11.8 Å². The quantitative estimate of drug-likeness (QED) is 0.683. The van der Waals surface area contributed by atoms with Crippen molar-refractivity contribution in [2.75, 3.05) is 7.11 Å². The molecule has 1 saturated carbocycles. The average molecular weight is 376 g/mol. The molecule has 1 aliphatic rings. The Morgan fingerprint density at radius 1 is 1.43 bits per heavy atom. The highest BCUT2D eigenvalue weighted by Crippen LogP contribution is 2.42. The van der Waals surface area contributed by atoms with E-state index in [0.717, 1.165) is 41.7 Å². The SMILES string of the molecule is COC1(c2nc(Cl)c(Br)c(CC(C)C)n2)CCCC(C)C1. The number of ether oxygens (including phenoxy) is 1. The van der Waals surface area contributed by atoms with Crippen molar-refractivity contribution >= 4 is 27.5 Å². The van der Waals surface area contributed by atoms with E-state index in [1.165, 1.54) is 6.42 Å². The summed E-state index contributed by atoms with van der Waals surface area (Å²) >= 11 is 9.84. The summed E-state index contributed by atoms with van der Waals surface area (Å²) in [5, 5.41) is 0.491. The molecule has 2 atom stereocenters. The van der Waals surface area contributed by atoms with Gasteiger partial charge in [-0.15, -0.1) is 0 Å². The van der Waals surface area contributed by atoms with E-state index in [0.29, 0.717) is 17.0 Å². The van der Waals surface area contributed by atoms with Crippen LogP contribution in [-0.2, 0) is 16.8 Å². The fourth-order valence-corrected chi connectivity index (χ4v) is 3.70. The minimum absolute atomic E-state index is 0.381. The van der Waals surface area contributed by atoms with Gasteiger partial charge in [0.05, 0.1) is 10.2 Å². The standard InChI is InChI=1S/C16H24BrClN2O/c1-10(2)8-12-13(17)14(18)20-15(19-12)16(21-4)7-5-6-11(3)9-16/h10-11H,5-9H2,1-4H3. The van der Waals surface area contributed by atoms with Gasteiger partial charge in [-0.3, -0.25) is 0 Å². The van der Waals surface area contributed by atoms with Gasteiger partial charge in [0, 0.05) is 7.11 Å². The van der Waals surface area contributed by atoms with Crippen molar-refractivity contribution in [2.45, 2.75) is 58.5 Å². The van der Waals surface area contributed by atoms with Crippen LogP contribution in [0.5, 0.6) is 0 Å². The molecule has 1 aromatic heterocycles. The minimum atomic E-state index is -0.381. The van der Waals surface area contributed by atoms with Crippen molar-refractivity contribution in [3.63, 3.8) is 0 Å². The molecule has 1 aromatic rings. The molecule has 0 spiro atoms. The van der Waals surface area contributed by atoms with Gasteiger partial charge in [-0.05, 0) is 53.4 Å². The highest BCUT2D eigenvalue weighted by molar-refractivity contribution is 9.10. The van der Waals surface area contributed by atoms with Crippen molar-refractivity contribution in [3.8, 4) is 0 Å². The predicted octanol–water partition coefficient (Wildman–Crippen LogP) is 5.14. The molecule has 3 nitrogen and oxygen atoms in total. The summed E-state index contributed by atoms with van der Waals surface area (Å²) in [6.45, 7) is 6.62. The summed E-state index contributed by atoms with van der Waals surface area (Å²) in [6.07, 6.45) is 5.19. The normalized spacial score (nSPS) is 26.3. The van der Waals surface area contributed by atoms with E-state index >= 15 is 0 Å². The van der Waals surface area contributed by atoms with E-state index in [4.69, 9.17) is 21.3 Å². The Morgan fingerprint density at radius 3 is 2.71 bits per heavy atom. The summed E-state index contributed by atoms with van der Waals surface area (Å²) in [5.41, 5.74) is 0.600. The maximum Gasteiger partial charge on any atom is 0.162 e. The van der Waals surface area contributed by atoms with Crippen molar-refractivity contribution in [3.05, 3.63) is 21.1 Å². The van der Waals surface area contributed by atoms with Gasteiger partial charge in [0.2, 0.25) is 0 Å². The fraction of sp³-hybridized carbons (Fsp3) is 0.750. The van der Waals surface area contributed by atoms with E-state index < -0.39 is 0 Å². The van der Waals surface area contributed by atoms with Crippen LogP contribution in [0.3, 0.4) is 0 Å². The van der Waals surface area contributed by atoms with Crippen LogP contribution in [0.1, 0.15) is 58.0 Å². The van der Waals surface area contributed by atoms with Gasteiger partial charge in [0.25, 0.3) is 0 Å². The topological polar surface area (TPSA) is 35.0 Å². The van der Waals surface area contributed by atoms with Gasteiger partial charge in [-0.1, -0.05) is 38.8 Å². The van der Waals surface area contributed by atoms with Crippen LogP contribution in [0.4, 0.5) is 0 Å². The monoisotopic (exact) mass is 374 g/mol. The molecule has 0 amide bonds. The Labute approximate surface area is 141 Å². The molecule has 0 aliphatic heterocycles. The second-order valence-electron chi connectivity index (χ2n) is 6.60. The number of hydrogen-bond acceptors (Lipinski definition) is 3. The molecule has 1 fully saturated rings. The third-order valence-corrected chi connectivity index (χ3v) is 5.57. The summed E-state index contributed by atoms with van der Waals surface area (Å²) in [4.78, 5) is 9.33. The zero-order valence-electron chi connectivity index (χ0n) is 13.2. The van der Waals surface area contributed by atoms with Crippen LogP contribution in [0.15, 0.2) is 4.47 Å². The van der Waals surface area contributed by atoms with Gasteiger partial charge in [0.15, 0.2) is 5.82 Å². The van der Waals surface area contributed by atoms with Gasteiger partial charge >= 0.3 is 0 Å². The first-order valence-corrected chi connectivity index (χ1v) is 8.82. The van der Waals surface area contributed by atoms with E-state index in [1.54, 1.807) is 7.11 Å².